The van der Waals surface area contributed by atoms with Crippen LogP contribution in [0.1, 0.15) is 39.5 Å². The summed E-state index contributed by atoms with van der Waals surface area (Å²) in [5.41, 5.74) is -0.961. The molecule has 0 aliphatic carbocycles. The van der Waals surface area contributed by atoms with E-state index < -0.39 is 17.8 Å². The van der Waals surface area contributed by atoms with Crippen molar-refractivity contribution in [3.8, 4) is 0 Å². The fourth-order valence-electron chi connectivity index (χ4n) is 1.31. The van der Waals surface area contributed by atoms with Crippen LogP contribution in [0.3, 0.4) is 0 Å². The summed E-state index contributed by atoms with van der Waals surface area (Å²) in [5.74, 6) is 0. The van der Waals surface area contributed by atoms with Crippen molar-refractivity contribution < 1.29 is 20.4 Å². The molecule has 0 aliphatic rings. The molecule has 0 amide bonds. The molecule has 4 N–H and O–H groups in total. The monoisotopic (exact) mass is 206 g/mol. The molecule has 0 aromatic carbocycles. The average molecular weight is 206 g/mol. The Morgan fingerprint density at radius 2 is 1.64 bits per heavy atom. The van der Waals surface area contributed by atoms with Crippen molar-refractivity contribution >= 4 is 0 Å². The third-order valence-electron chi connectivity index (χ3n) is 2.06. The van der Waals surface area contributed by atoms with E-state index in [9.17, 15) is 15.3 Å². The van der Waals surface area contributed by atoms with Gasteiger partial charge in [-0.05, 0) is 33.1 Å². The summed E-state index contributed by atoms with van der Waals surface area (Å²) in [5, 5.41) is 36.9. The minimum atomic E-state index is -0.961. The second-order valence-corrected chi connectivity index (χ2v) is 4.37. The molecule has 14 heavy (non-hydrogen) atoms. The lowest BCUT2D eigenvalue weighted by molar-refractivity contribution is -0.0425. The second-order valence-electron chi connectivity index (χ2n) is 4.37. The van der Waals surface area contributed by atoms with Gasteiger partial charge < -0.3 is 20.4 Å². The fraction of sp³-hybridized carbons (Fsp3) is 1.00. The van der Waals surface area contributed by atoms with Gasteiger partial charge in [0.05, 0.1) is 17.8 Å². The van der Waals surface area contributed by atoms with E-state index in [0.29, 0.717) is 19.3 Å². The maximum atomic E-state index is 9.48. The molecule has 0 rings (SSSR count). The molecule has 2 unspecified atom stereocenters. The van der Waals surface area contributed by atoms with Crippen molar-refractivity contribution in [2.24, 2.45) is 0 Å². The molecule has 0 fully saturated rings. The molecule has 86 valence electrons. The second kappa shape index (κ2) is 6.35. The molecule has 0 heterocycles. The van der Waals surface area contributed by atoms with Crippen molar-refractivity contribution in [3.05, 3.63) is 0 Å². The minimum Gasteiger partial charge on any atom is -0.396 e. The number of aliphatic hydroxyl groups is 4. The summed E-state index contributed by atoms with van der Waals surface area (Å²) in [6.07, 6.45) is 0.222. The Kier molecular flexibility index (Phi) is 6.27. The Morgan fingerprint density at radius 3 is 2.07 bits per heavy atom. The molecule has 0 radical (unpaired) electrons. The average Bonchev–Trinajstić information content (AvgIpc) is 2.01. The first kappa shape index (κ1) is 13.8. The van der Waals surface area contributed by atoms with Gasteiger partial charge in [-0.15, -0.1) is 0 Å². The van der Waals surface area contributed by atoms with Gasteiger partial charge in [-0.25, -0.2) is 0 Å². The van der Waals surface area contributed by atoms with E-state index in [2.05, 4.69) is 0 Å². The molecular formula is C10H22O4. The summed E-state index contributed by atoms with van der Waals surface area (Å²) in [7, 11) is 0. The van der Waals surface area contributed by atoms with Gasteiger partial charge in [0.1, 0.15) is 0 Å². The zero-order valence-corrected chi connectivity index (χ0v) is 8.98. The number of rotatable bonds is 7. The number of hydrogen-bond donors (Lipinski definition) is 4. The number of hydrogen-bond acceptors (Lipinski definition) is 4. The molecule has 0 aromatic heterocycles. The lowest BCUT2D eigenvalue weighted by Crippen LogP contribution is -2.34. The highest BCUT2D eigenvalue weighted by atomic mass is 16.3. The highest BCUT2D eigenvalue weighted by Gasteiger charge is 2.23. The number of unbranched alkanes of at least 4 members (excludes halogenated alkanes) is 1. The first-order chi connectivity index (χ1) is 6.37. The largest absolute Gasteiger partial charge is 0.396 e. The van der Waals surface area contributed by atoms with Gasteiger partial charge in [-0.1, -0.05) is 0 Å². The highest BCUT2D eigenvalue weighted by molar-refractivity contribution is 4.76. The van der Waals surface area contributed by atoms with Crippen LogP contribution in [0, 0.1) is 0 Å². The predicted octanol–water partition coefficient (Wildman–Crippen LogP) is 0.0318. The van der Waals surface area contributed by atoms with Crippen LogP contribution in [0.15, 0.2) is 0 Å². The minimum absolute atomic E-state index is 0.105. The first-order valence-electron chi connectivity index (χ1n) is 5.06. The maximum absolute atomic E-state index is 9.48. The van der Waals surface area contributed by atoms with E-state index in [4.69, 9.17) is 5.11 Å². The zero-order chi connectivity index (χ0) is 11.2. The van der Waals surface area contributed by atoms with Crippen LogP contribution in [0.5, 0.6) is 0 Å². The van der Waals surface area contributed by atoms with Crippen molar-refractivity contribution in [1.82, 2.24) is 0 Å². The predicted molar refractivity (Wildman–Crippen MR) is 53.9 cm³/mol. The van der Waals surface area contributed by atoms with Gasteiger partial charge in [0.25, 0.3) is 0 Å². The summed E-state index contributed by atoms with van der Waals surface area (Å²) in [6.45, 7) is 3.29. The van der Waals surface area contributed by atoms with Gasteiger partial charge in [0, 0.05) is 13.0 Å². The molecule has 4 nitrogen and oxygen atoms in total. The first-order valence-corrected chi connectivity index (χ1v) is 5.06. The Morgan fingerprint density at radius 1 is 1.07 bits per heavy atom. The van der Waals surface area contributed by atoms with Crippen LogP contribution in [-0.4, -0.2) is 44.8 Å². The zero-order valence-electron chi connectivity index (χ0n) is 8.98. The van der Waals surface area contributed by atoms with Gasteiger partial charge in [0.2, 0.25) is 0 Å². The highest BCUT2D eigenvalue weighted by Crippen LogP contribution is 2.15. The van der Waals surface area contributed by atoms with Crippen LogP contribution in [0.2, 0.25) is 0 Å². The van der Waals surface area contributed by atoms with E-state index in [1.165, 1.54) is 0 Å². The maximum Gasteiger partial charge on any atom is 0.0826 e. The normalized spacial score (nSPS) is 16.7. The molecular weight excluding hydrogens is 184 g/mol. The smallest absolute Gasteiger partial charge is 0.0826 e. The summed E-state index contributed by atoms with van der Waals surface area (Å²) in [4.78, 5) is 0. The van der Waals surface area contributed by atoms with E-state index in [0.717, 1.165) is 0 Å². The topological polar surface area (TPSA) is 80.9 Å². The van der Waals surface area contributed by atoms with Crippen LogP contribution >= 0.6 is 0 Å². The molecule has 0 spiro atoms. The molecule has 0 saturated carbocycles. The summed E-state index contributed by atoms with van der Waals surface area (Å²) < 4.78 is 0. The molecule has 4 heteroatoms. The molecule has 0 bridgehead atoms. The Labute approximate surface area is 85.2 Å². The van der Waals surface area contributed by atoms with E-state index in [-0.39, 0.29) is 13.0 Å². The van der Waals surface area contributed by atoms with Crippen LogP contribution < -0.4 is 0 Å². The van der Waals surface area contributed by atoms with Crippen LogP contribution in [-0.2, 0) is 0 Å². The van der Waals surface area contributed by atoms with Crippen LogP contribution in [0.4, 0.5) is 0 Å². The number of aliphatic hydroxyl groups excluding tert-OH is 3. The molecule has 2 atom stereocenters. The van der Waals surface area contributed by atoms with Crippen molar-refractivity contribution in [3.63, 3.8) is 0 Å². The lowest BCUT2D eigenvalue weighted by Gasteiger charge is -2.24. The van der Waals surface area contributed by atoms with E-state index >= 15 is 0 Å². The molecule has 0 aliphatic heterocycles. The fourth-order valence-corrected chi connectivity index (χ4v) is 1.31. The van der Waals surface area contributed by atoms with Gasteiger partial charge in [-0.2, -0.15) is 0 Å². The third kappa shape index (κ3) is 7.26. The van der Waals surface area contributed by atoms with Crippen molar-refractivity contribution in [1.29, 1.82) is 0 Å². The van der Waals surface area contributed by atoms with E-state index in [1.54, 1.807) is 13.8 Å². The Bertz CT molecular complexity index is 142. The Balaban J connectivity index is 3.70. The standard InChI is InChI=1S/C10H22O4/c1-10(2,14)7-9(13)8(12)5-3-4-6-11/h8-9,11-14H,3-7H2,1-2H3. The van der Waals surface area contributed by atoms with Gasteiger partial charge in [-0.3, -0.25) is 0 Å². The molecule has 0 aromatic rings. The van der Waals surface area contributed by atoms with Crippen LogP contribution in [0.25, 0.3) is 0 Å². The van der Waals surface area contributed by atoms with E-state index in [1.807, 2.05) is 0 Å². The summed E-state index contributed by atoms with van der Waals surface area (Å²) >= 11 is 0. The quantitative estimate of drug-likeness (QED) is 0.443. The lowest BCUT2D eigenvalue weighted by atomic mass is 9.95. The van der Waals surface area contributed by atoms with Gasteiger partial charge >= 0.3 is 0 Å². The summed E-state index contributed by atoms with van der Waals surface area (Å²) in [6, 6.07) is 0. The third-order valence-corrected chi connectivity index (χ3v) is 2.06. The molecule has 0 saturated heterocycles. The van der Waals surface area contributed by atoms with Gasteiger partial charge in [0.15, 0.2) is 0 Å². The van der Waals surface area contributed by atoms with Crippen molar-refractivity contribution in [2.45, 2.75) is 57.3 Å². The van der Waals surface area contributed by atoms with Crippen molar-refractivity contribution in [2.75, 3.05) is 6.61 Å². The SMILES string of the molecule is CC(C)(O)CC(O)C(O)CCCCO. The Hall–Kier alpha value is -0.160.